The van der Waals surface area contributed by atoms with Crippen molar-refractivity contribution in [2.45, 2.75) is 26.4 Å². The Morgan fingerprint density at radius 1 is 1.10 bits per heavy atom. The van der Waals surface area contributed by atoms with E-state index in [1.54, 1.807) is 11.8 Å². The highest BCUT2D eigenvalue weighted by Gasteiger charge is 2.25. The minimum atomic E-state index is -0.324. The van der Waals surface area contributed by atoms with Crippen LogP contribution in [0.3, 0.4) is 0 Å². The van der Waals surface area contributed by atoms with Crippen molar-refractivity contribution in [2.75, 3.05) is 27.4 Å². The van der Waals surface area contributed by atoms with Crippen molar-refractivity contribution in [3.8, 4) is 0 Å². The fraction of sp³-hybridized carbons (Fsp3) is 0.333. The van der Waals surface area contributed by atoms with Gasteiger partial charge in [0.15, 0.2) is 0 Å². The molecule has 0 saturated carbocycles. The number of carbonyl (C=O) groups is 2. The zero-order valence-corrected chi connectivity index (χ0v) is 17.7. The van der Waals surface area contributed by atoms with E-state index in [9.17, 15) is 9.59 Å². The van der Waals surface area contributed by atoms with Gasteiger partial charge in [0.2, 0.25) is 5.91 Å². The number of rotatable bonds is 5. The summed E-state index contributed by atoms with van der Waals surface area (Å²) >= 11 is 0. The number of aromatic nitrogens is 1. The lowest BCUT2D eigenvalue weighted by Crippen LogP contribution is -2.41. The van der Waals surface area contributed by atoms with Gasteiger partial charge in [-0.15, -0.1) is 0 Å². The number of amides is 1. The van der Waals surface area contributed by atoms with Gasteiger partial charge in [-0.05, 0) is 35.7 Å². The van der Waals surface area contributed by atoms with Gasteiger partial charge >= 0.3 is 5.97 Å². The maximum Gasteiger partial charge on any atom is 0.337 e. The largest absolute Gasteiger partial charge is 0.465 e. The molecule has 0 unspecified atom stereocenters. The van der Waals surface area contributed by atoms with Crippen molar-refractivity contribution in [2.24, 2.45) is 0 Å². The van der Waals surface area contributed by atoms with Gasteiger partial charge in [-0.25, -0.2) is 4.79 Å². The molecule has 6 nitrogen and oxygen atoms in total. The van der Waals surface area contributed by atoms with Crippen molar-refractivity contribution in [1.29, 1.82) is 0 Å². The number of carbonyl (C=O) groups excluding carboxylic acids is 2. The molecule has 0 N–H and O–H groups in total. The Morgan fingerprint density at radius 2 is 1.83 bits per heavy atom. The average molecular weight is 405 g/mol. The van der Waals surface area contributed by atoms with Gasteiger partial charge in [0, 0.05) is 50.2 Å². The van der Waals surface area contributed by atoms with Crippen molar-refractivity contribution >= 4 is 22.8 Å². The molecule has 0 saturated heterocycles. The van der Waals surface area contributed by atoms with Crippen LogP contribution in [0.2, 0.25) is 0 Å². The highest BCUT2D eigenvalue weighted by atomic mass is 16.5. The predicted octanol–water partition coefficient (Wildman–Crippen LogP) is 3.27. The average Bonchev–Trinajstić information content (AvgIpc) is 3.07. The van der Waals surface area contributed by atoms with Gasteiger partial charge in [-0.3, -0.25) is 9.69 Å². The second-order valence-corrected chi connectivity index (χ2v) is 7.88. The molecule has 2 aromatic carbocycles. The summed E-state index contributed by atoms with van der Waals surface area (Å²) in [6, 6.07) is 16.1. The lowest BCUT2D eigenvalue weighted by molar-refractivity contribution is -0.129. The normalized spacial score (nSPS) is 13.8. The first kappa shape index (κ1) is 20.2. The van der Waals surface area contributed by atoms with Gasteiger partial charge in [-0.2, -0.15) is 0 Å². The Balaban J connectivity index is 1.66. The Labute approximate surface area is 176 Å². The van der Waals surface area contributed by atoms with Crippen molar-refractivity contribution in [3.05, 3.63) is 70.9 Å². The van der Waals surface area contributed by atoms with Crippen LogP contribution in [-0.2, 0) is 29.0 Å². The molecule has 0 radical (unpaired) electrons. The smallest absolute Gasteiger partial charge is 0.337 e. The second kappa shape index (κ2) is 8.32. The van der Waals surface area contributed by atoms with E-state index in [1.807, 2.05) is 31.3 Å². The molecule has 156 valence electrons. The fourth-order valence-corrected chi connectivity index (χ4v) is 4.20. The Bertz CT molecular complexity index is 1090. The summed E-state index contributed by atoms with van der Waals surface area (Å²) in [5, 5.41) is 1.30. The molecular formula is C24H27N3O3. The molecule has 1 aliphatic heterocycles. The van der Waals surface area contributed by atoms with Crippen LogP contribution < -0.4 is 0 Å². The monoisotopic (exact) mass is 405 g/mol. The highest BCUT2D eigenvalue weighted by molar-refractivity contribution is 5.89. The molecule has 0 aliphatic carbocycles. The maximum atomic E-state index is 11.7. The third-order valence-corrected chi connectivity index (χ3v) is 5.91. The van der Waals surface area contributed by atoms with Crippen LogP contribution in [0.5, 0.6) is 0 Å². The van der Waals surface area contributed by atoms with E-state index in [0.29, 0.717) is 12.2 Å². The third-order valence-electron chi connectivity index (χ3n) is 5.91. The Kier molecular flexibility index (Phi) is 5.59. The van der Waals surface area contributed by atoms with Crippen LogP contribution >= 0.6 is 0 Å². The number of esters is 1. The van der Waals surface area contributed by atoms with E-state index < -0.39 is 0 Å². The van der Waals surface area contributed by atoms with Crippen LogP contribution in [0.4, 0.5) is 0 Å². The first-order chi connectivity index (χ1) is 14.5. The maximum absolute atomic E-state index is 11.7. The number of fused-ring (bicyclic) bond motifs is 3. The van der Waals surface area contributed by atoms with Gasteiger partial charge in [0.05, 0.1) is 19.3 Å². The fourth-order valence-electron chi connectivity index (χ4n) is 4.20. The molecule has 0 atom stereocenters. The van der Waals surface area contributed by atoms with E-state index in [2.05, 4.69) is 33.7 Å². The number of benzene rings is 2. The Morgan fingerprint density at radius 3 is 2.53 bits per heavy atom. The summed E-state index contributed by atoms with van der Waals surface area (Å²) in [4.78, 5) is 27.5. The van der Waals surface area contributed by atoms with E-state index in [-0.39, 0.29) is 11.9 Å². The summed E-state index contributed by atoms with van der Waals surface area (Å²) in [6.45, 7) is 4.70. The Hall–Kier alpha value is -3.12. The summed E-state index contributed by atoms with van der Waals surface area (Å²) in [6.07, 6.45) is 0.968. The molecule has 6 heteroatoms. The van der Waals surface area contributed by atoms with Crippen LogP contribution in [0.1, 0.15) is 34.1 Å². The van der Waals surface area contributed by atoms with Crippen LogP contribution in [0.15, 0.2) is 48.5 Å². The molecule has 0 fully saturated rings. The summed E-state index contributed by atoms with van der Waals surface area (Å²) in [5.41, 5.74) is 5.61. The molecule has 1 amide bonds. The van der Waals surface area contributed by atoms with E-state index in [0.717, 1.165) is 31.6 Å². The standard InChI is InChI=1S/C24H27N3O3/c1-17(28)25(2)16-26-13-12-21-20-6-4-5-7-22(20)27(23(21)15-26)14-18-8-10-19(11-9-18)24(29)30-3/h4-11H,12-16H2,1-3H3. The van der Waals surface area contributed by atoms with Crippen molar-refractivity contribution in [3.63, 3.8) is 0 Å². The molecule has 0 spiro atoms. The number of hydrogen-bond acceptors (Lipinski definition) is 4. The second-order valence-electron chi connectivity index (χ2n) is 7.88. The first-order valence-electron chi connectivity index (χ1n) is 10.2. The summed E-state index contributed by atoms with van der Waals surface area (Å²) < 4.78 is 7.17. The minimum Gasteiger partial charge on any atom is -0.465 e. The number of methoxy groups -OCH3 is 1. The molecule has 2 heterocycles. The lowest BCUT2D eigenvalue weighted by Gasteiger charge is -2.31. The first-order valence-corrected chi connectivity index (χ1v) is 10.2. The zero-order chi connectivity index (χ0) is 21.3. The highest BCUT2D eigenvalue weighted by Crippen LogP contribution is 2.31. The summed E-state index contributed by atoms with van der Waals surface area (Å²) in [7, 11) is 3.24. The zero-order valence-electron chi connectivity index (χ0n) is 17.7. The molecule has 1 aliphatic rings. The lowest BCUT2D eigenvalue weighted by atomic mass is 10.0. The van der Waals surface area contributed by atoms with Crippen molar-refractivity contribution < 1.29 is 14.3 Å². The number of nitrogens with zero attached hydrogens (tertiary/aromatic N) is 3. The van der Waals surface area contributed by atoms with Crippen molar-refractivity contribution in [1.82, 2.24) is 14.4 Å². The predicted molar refractivity (Wildman–Crippen MR) is 116 cm³/mol. The van der Waals surface area contributed by atoms with Gasteiger partial charge in [0.1, 0.15) is 0 Å². The van der Waals surface area contributed by atoms with E-state index in [1.165, 1.54) is 29.3 Å². The SMILES string of the molecule is COC(=O)c1ccc(Cn2c3c(c4ccccc42)CCN(CN(C)C(C)=O)C3)cc1. The van der Waals surface area contributed by atoms with Gasteiger partial charge in [0.25, 0.3) is 0 Å². The summed E-state index contributed by atoms with van der Waals surface area (Å²) in [5.74, 6) is -0.248. The molecule has 4 rings (SSSR count). The number of para-hydroxylation sites is 1. The quantitative estimate of drug-likeness (QED) is 0.612. The molecule has 30 heavy (non-hydrogen) atoms. The molecule has 3 aromatic rings. The molecule has 1 aromatic heterocycles. The minimum absolute atomic E-state index is 0.0760. The topological polar surface area (TPSA) is 54.8 Å². The van der Waals surface area contributed by atoms with Crippen LogP contribution in [0.25, 0.3) is 10.9 Å². The van der Waals surface area contributed by atoms with Gasteiger partial charge < -0.3 is 14.2 Å². The van der Waals surface area contributed by atoms with Gasteiger partial charge in [-0.1, -0.05) is 30.3 Å². The van der Waals surface area contributed by atoms with E-state index in [4.69, 9.17) is 4.74 Å². The number of hydrogen-bond donors (Lipinski definition) is 0. The molecular weight excluding hydrogens is 378 g/mol. The third kappa shape index (κ3) is 3.83. The molecule has 0 bridgehead atoms. The van der Waals surface area contributed by atoms with Crippen LogP contribution in [0, 0.1) is 0 Å². The van der Waals surface area contributed by atoms with E-state index >= 15 is 0 Å². The van der Waals surface area contributed by atoms with Crippen LogP contribution in [-0.4, -0.2) is 53.6 Å². The number of ether oxygens (including phenoxy) is 1.